The molecule has 1 heterocycles. The smallest absolute Gasteiger partial charge is 0.238 e. The van der Waals surface area contributed by atoms with Crippen LogP contribution in [0.25, 0.3) is 0 Å². The number of hydrogen-bond donors (Lipinski definition) is 1. The molecule has 0 fully saturated rings. The van der Waals surface area contributed by atoms with E-state index < -0.39 is 10.0 Å². The minimum absolute atomic E-state index is 0.0183. The largest absolute Gasteiger partial charge is 0.293 e. The van der Waals surface area contributed by atoms with Crippen LogP contribution in [0.3, 0.4) is 0 Å². The Bertz CT molecular complexity index is 757. The summed E-state index contributed by atoms with van der Waals surface area (Å²) in [6, 6.07) is 5.53. The van der Waals surface area contributed by atoms with Crippen molar-refractivity contribution in [2.24, 2.45) is 5.14 Å². The number of carbonyl (C=O) groups is 1. The molecule has 0 aliphatic rings. The number of benzene rings is 1. The van der Waals surface area contributed by atoms with E-state index in [0.717, 1.165) is 12.0 Å². The lowest BCUT2D eigenvalue weighted by atomic mass is 10.1. The van der Waals surface area contributed by atoms with Crippen LogP contribution in [0.2, 0.25) is 0 Å². The van der Waals surface area contributed by atoms with Gasteiger partial charge in [0.15, 0.2) is 10.9 Å². The Morgan fingerprint density at radius 1 is 1.18 bits per heavy atom. The first-order valence-corrected chi connectivity index (χ1v) is 9.03. The van der Waals surface area contributed by atoms with Crippen molar-refractivity contribution >= 4 is 27.6 Å². The SMILES string of the molecule is CCc1cnc(SCC(=O)c2ccc(S(N)(=O)=O)cc2)nc1. The maximum absolute atomic E-state index is 12.0. The van der Waals surface area contributed by atoms with E-state index in [9.17, 15) is 13.2 Å². The van der Waals surface area contributed by atoms with E-state index in [-0.39, 0.29) is 16.4 Å². The number of primary sulfonamides is 1. The van der Waals surface area contributed by atoms with Crippen molar-refractivity contribution in [2.45, 2.75) is 23.4 Å². The second-order valence-corrected chi connectivity index (χ2v) is 7.01. The van der Waals surface area contributed by atoms with Gasteiger partial charge in [-0.2, -0.15) is 0 Å². The first-order chi connectivity index (χ1) is 10.4. The summed E-state index contributed by atoms with van der Waals surface area (Å²) in [6.07, 6.45) is 4.34. The van der Waals surface area contributed by atoms with Gasteiger partial charge in [0.1, 0.15) is 0 Å². The lowest BCUT2D eigenvalue weighted by Gasteiger charge is -2.03. The van der Waals surface area contributed by atoms with Gasteiger partial charge in [-0.15, -0.1) is 0 Å². The molecule has 1 aromatic carbocycles. The number of nitrogens with two attached hydrogens (primary N) is 1. The van der Waals surface area contributed by atoms with Crippen molar-refractivity contribution in [1.82, 2.24) is 9.97 Å². The second kappa shape index (κ2) is 6.99. The molecule has 0 atom stereocenters. The highest BCUT2D eigenvalue weighted by Crippen LogP contribution is 2.16. The Morgan fingerprint density at radius 3 is 2.27 bits per heavy atom. The highest BCUT2D eigenvalue weighted by Gasteiger charge is 2.11. The fourth-order valence-electron chi connectivity index (χ4n) is 1.64. The maximum Gasteiger partial charge on any atom is 0.238 e. The third-order valence-electron chi connectivity index (χ3n) is 2.93. The van der Waals surface area contributed by atoms with Gasteiger partial charge in [-0.25, -0.2) is 23.5 Å². The van der Waals surface area contributed by atoms with E-state index in [4.69, 9.17) is 5.14 Å². The molecule has 0 unspecified atom stereocenters. The summed E-state index contributed by atoms with van der Waals surface area (Å²) in [4.78, 5) is 20.4. The Hall–Kier alpha value is -1.77. The van der Waals surface area contributed by atoms with E-state index in [1.54, 1.807) is 12.4 Å². The summed E-state index contributed by atoms with van der Waals surface area (Å²) in [5.41, 5.74) is 1.46. The summed E-state index contributed by atoms with van der Waals surface area (Å²) in [5.74, 6) is 0.0503. The van der Waals surface area contributed by atoms with Gasteiger partial charge in [0.2, 0.25) is 10.0 Å². The molecule has 0 amide bonds. The number of Topliss-reactive ketones (excluding diaryl/α,β-unsaturated/α-hetero) is 1. The van der Waals surface area contributed by atoms with Crippen LogP contribution in [0.1, 0.15) is 22.8 Å². The molecule has 0 aliphatic heterocycles. The molecule has 0 bridgehead atoms. The predicted octanol–water partition coefficient (Wildman–Crippen LogP) is 1.66. The lowest BCUT2D eigenvalue weighted by molar-refractivity contribution is 0.102. The van der Waals surface area contributed by atoms with Gasteiger partial charge in [0.25, 0.3) is 0 Å². The number of ketones is 1. The third-order valence-corrected chi connectivity index (χ3v) is 4.73. The first-order valence-electron chi connectivity index (χ1n) is 6.50. The topological polar surface area (TPSA) is 103 Å². The molecule has 0 radical (unpaired) electrons. The van der Waals surface area contributed by atoms with Crippen molar-refractivity contribution < 1.29 is 13.2 Å². The maximum atomic E-state index is 12.0. The monoisotopic (exact) mass is 337 g/mol. The van der Waals surface area contributed by atoms with Crippen molar-refractivity contribution in [2.75, 3.05) is 5.75 Å². The van der Waals surface area contributed by atoms with Crippen molar-refractivity contribution in [3.8, 4) is 0 Å². The number of aryl methyl sites for hydroxylation is 1. The molecule has 8 heteroatoms. The third kappa shape index (κ3) is 4.36. The molecular formula is C14H15N3O3S2. The number of thioether (sulfide) groups is 1. The molecule has 0 saturated heterocycles. The van der Waals surface area contributed by atoms with Gasteiger partial charge in [0.05, 0.1) is 10.6 Å². The Kier molecular flexibility index (Phi) is 5.28. The van der Waals surface area contributed by atoms with Crippen LogP contribution in [0.5, 0.6) is 0 Å². The number of sulfonamides is 1. The van der Waals surface area contributed by atoms with Crippen LogP contribution in [0.4, 0.5) is 0 Å². The summed E-state index contributed by atoms with van der Waals surface area (Å²) < 4.78 is 22.3. The van der Waals surface area contributed by atoms with Crippen LogP contribution in [0, 0.1) is 0 Å². The quantitative estimate of drug-likeness (QED) is 0.488. The molecule has 2 N–H and O–H groups in total. The van der Waals surface area contributed by atoms with Crippen LogP contribution in [0.15, 0.2) is 46.7 Å². The van der Waals surface area contributed by atoms with Crippen LogP contribution >= 0.6 is 11.8 Å². The zero-order valence-corrected chi connectivity index (χ0v) is 13.5. The molecule has 2 aromatic rings. The highest BCUT2D eigenvalue weighted by molar-refractivity contribution is 7.99. The fraction of sp³-hybridized carbons (Fsp3) is 0.214. The number of carbonyl (C=O) groups excluding carboxylic acids is 1. The summed E-state index contributed by atoms with van der Waals surface area (Å²) >= 11 is 1.24. The molecule has 2 rings (SSSR count). The fourth-order valence-corrected chi connectivity index (χ4v) is 2.84. The van der Waals surface area contributed by atoms with Crippen LogP contribution in [-0.2, 0) is 16.4 Å². The minimum atomic E-state index is -3.74. The molecule has 0 saturated carbocycles. The zero-order valence-electron chi connectivity index (χ0n) is 11.9. The Labute approximate surface area is 133 Å². The Morgan fingerprint density at radius 2 is 1.77 bits per heavy atom. The molecule has 116 valence electrons. The lowest BCUT2D eigenvalue weighted by Crippen LogP contribution is -2.12. The number of rotatable bonds is 6. The van der Waals surface area contributed by atoms with Gasteiger partial charge in [-0.05, 0) is 24.1 Å². The molecule has 6 nitrogen and oxygen atoms in total. The van der Waals surface area contributed by atoms with Gasteiger partial charge in [-0.3, -0.25) is 4.79 Å². The molecule has 0 aliphatic carbocycles. The van der Waals surface area contributed by atoms with E-state index in [2.05, 4.69) is 9.97 Å². The van der Waals surface area contributed by atoms with Crippen LogP contribution < -0.4 is 5.14 Å². The highest BCUT2D eigenvalue weighted by atomic mass is 32.2. The number of aromatic nitrogens is 2. The first kappa shape index (κ1) is 16.6. The van der Waals surface area contributed by atoms with Gasteiger partial charge < -0.3 is 0 Å². The van der Waals surface area contributed by atoms with E-state index in [0.29, 0.717) is 10.7 Å². The normalized spacial score (nSPS) is 11.4. The zero-order chi connectivity index (χ0) is 16.2. The van der Waals surface area contributed by atoms with Crippen LogP contribution in [-0.4, -0.2) is 29.9 Å². The second-order valence-electron chi connectivity index (χ2n) is 4.51. The van der Waals surface area contributed by atoms with Crippen molar-refractivity contribution in [3.05, 3.63) is 47.8 Å². The summed E-state index contributed by atoms with van der Waals surface area (Å²) in [7, 11) is -3.74. The minimum Gasteiger partial charge on any atom is -0.293 e. The average molecular weight is 337 g/mol. The van der Waals surface area contributed by atoms with Crippen molar-refractivity contribution in [3.63, 3.8) is 0 Å². The number of nitrogens with zero attached hydrogens (tertiary/aromatic N) is 2. The van der Waals surface area contributed by atoms with Gasteiger partial charge >= 0.3 is 0 Å². The van der Waals surface area contributed by atoms with E-state index in [1.807, 2.05) is 6.92 Å². The standard InChI is InChI=1S/C14H15N3O3S2/c1-2-10-7-16-14(17-8-10)21-9-13(18)11-3-5-12(6-4-11)22(15,19)20/h3-8H,2,9H2,1H3,(H2,15,19,20). The predicted molar refractivity (Wildman–Crippen MR) is 84.3 cm³/mol. The molecular weight excluding hydrogens is 322 g/mol. The van der Waals surface area contributed by atoms with Gasteiger partial charge in [0, 0.05) is 18.0 Å². The average Bonchev–Trinajstić information content (AvgIpc) is 2.52. The molecule has 1 aromatic heterocycles. The molecule has 0 spiro atoms. The Balaban J connectivity index is 1.99. The van der Waals surface area contributed by atoms with E-state index >= 15 is 0 Å². The summed E-state index contributed by atoms with van der Waals surface area (Å²) in [5, 5.41) is 5.54. The molecule has 22 heavy (non-hydrogen) atoms. The van der Waals surface area contributed by atoms with Gasteiger partial charge in [-0.1, -0.05) is 30.8 Å². The summed E-state index contributed by atoms with van der Waals surface area (Å²) in [6.45, 7) is 2.01. The van der Waals surface area contributed by atoms with Crippen molar-refractivity contribution in [1.29, 1.82) is 0 Å². The van der Waals surface area contributed by atoms with E-state index in [1.165, 1.54) is 36.0 Å². The number of hydrogen-bond acceptors (Lipinski definition) is 6.